The fraction of sp³-hybridized carbons (Fsp3) is 0.536. The number of fused-ring (bicyclic) bond motifs is 3. The number of carbonyl (C=O) groups excluding carboxylic acids is 1. The summed E-state index contributed by atoms with van der Waals surface area (Å²) in [6, 6.07) is 16.8. The van der Waals surface area contributed by atoms with Crippen molar-refractivity contribution < 1.29 is 9.53 Å². The molecule has 0 saturated carbocycles. The van der Waals surface area contributed by atoms with Crippen LogP contribution in [0.4, 0.5) is 0 Å². The Balaban J connectivity index is 1.73. The van der Waals surface area contributed by atoms with E-state index in [1.807, 2.05) is 0 Å². The van der Waals surface area contributed by atoms with Gasteiger partial charge in [-0.25, -0.2) is 0 Å². The van der Waals surface area contributed by atoms with Crippen LogP contribution in [-0.2, 0) is 9.53 Å². The minimum Gasteiger partial charge on any atom is -0.372 e. The summed E-state index contributed by atoms with van der Waals surface area (Å²) < 4.78 is 8.48. The lowest BCUT2D eigenvalue weighted by molar-refractivity contribution is -0.142. The van der Waals surface area contributed by atoms with Gasteiger partial charge < -0.3 is 14.6 Å². The number of carbonyl (C=O) groups is 1. The van der Waals surface area contributed by atoms with Gasteiger partial charge in [-0.3, -0.25) is 4.79 Å². The molecule has 0 amide bonds. The van der Waals surface area contributed by atoms with E-state index in [2.05, 4.69) is 79.2 Å². The monoisotopic (exact) mass is 434 g/mol. The Bertz CT molecular complexity index is 995. The molecule has 3 aromatic rings. The number of aromatic nitrogens is 1. The van der Waals surface area contributed by atoms with Gasteiger partial charge in [0.15, 0.2) is 5.78 Å². The first-order chi connectivity index (χ1) is 15.6. The predicted octanol–water partition coefficient (Wildman–Crippen LogP) is 6.28. The van der Waals surface area contributed by atoms with E-state index in [9.17, 15) is 4.79 Å². The molecule has 4 heteroatoms. The van der Waals surface area contributed by atoms with E-state index in [1.54, 1.807) is 0 Å². The van der Waals surface area contributed by atoms with E-state index in [1.165, 1.54) is 36.5 Å². The van der Waals surface area contributed by atoms with E-state index in [0.717, 1.165) is 37.0 Å². The number of morpholine rings is 1. The summed E-state index contributed by atoms with van der Waals surface area (Å²) in [7, 11) is 0. The third-order valence-corrected chi connectivity index (χ3v) is 7.37. The molecule has 1 saturated heterocycles. The van der Waals surface area contributed by atoms with Gasteiger partial charge in [-0.1, -0.05) is 82.3 Å². The van der Waals surface area contributed by atoms with Gasteiger partial charge in [0.2, 0.25) is 0 Å². The second-order valence-electron chi connectivity index (χ2n) is 9.58. The van der Waals surface area contributed by atoms with Crippen molar-refractivity contribution in [2.24, 2.45) is 5.92 Å². The van der Waals surface area contributed by atoms with Gasteiger partial charge in [0, 0.05) is 40.8 Å². The van der Waals surface area contributed by atoms with Gasteiger partial charge in [-0.05, 0) is 25.5 Å². The molecule has 1 aliphatic rings. The molecule has 2 heterocycles. The number of ketones is 1. The number of rotatable bonds is 10. The SMILES string of the molecule is CCCCCCCC(C(=O)C(C)C1(C)CNCCO1)n1c2ccccc2c2ccccc21. The Morgan fingerprint density at radius 3 is 2.25 bits per heavy atom. The first kappa shape index (κ1) is 23.0. The number of nitrogens with one attached hydrogen (secondary N) is 1. The van der Waals surface area contributed by atoms with Gasteiger partial charge in [0.05, 0.1) is 18.2 Å². The fourth-order valence-electron chi connectivity index (χ4n) is 5.24. The Morgan fingerprint density at radius 2 is 1.66 bits per heavy atom. The number of hydrogen-bond donors (Lipinski definition) is 1. The van der Waals surface area contributed by atoms with E-state index in [4.69, 9.17) is 4.74 Å². The predicted molar refractivity (Wildman–Crippen MR) is 133 cm³/mol. The van der Waals surface area contributed by atoms with Crippen LogP contribution in [0.5, 0.6) is 0 Å². The number of ether oxygens (including phenoxy) is 1. The van der Waals surface area contributed by atoms with Crippen LogP contribution >= 0.6 is 0 Å². The van der Waals surface area contributed by atoms with E-state index < -0.39 is 5.60 Å². The van der Waals surface area contributed by atoms with Gasteiger partial charge >= 0.3 is 0 Å². The smallest absolute Gasteiger partial charge is 0.161 e. The highest BCUT2D eigenvalue weighted by Gasteiger charge is 2.41. The van der Waals surface area contributed by atoms with Crippen molar-refractivity contribution in [3.63, 3.8) is 0 Å². The molecule has 3 atom stereocenters. The first-order valence-corrected chi connectivity index (χ1v) is 12.4. The number of unbranched alkanes of at least 4 members (excludes halogenated alkanes) is 4. The topological polar surface area (TPSA) is 43.3 Å². The molecule has 2 aromatic carbocycles. The van der Waals surface area contributed by atoms with E-state index >= 15 is 0 Å². The molecular weight excluding hydrogens is 396 g/mol. The number of para-hydroxylation sites is 2. The molecule has 4 nitrogen and oxygen atoms in total. The third-order valence-electron chi connectivity index (χ3n) is 7.37. The molecule has 3 unspecified atom stereocenters. The van der Waals surface area contributed by atoms with Crippen LogP contribution in [0, 0.1) is 5.92 Å². The van der Waals surface area contributed by atoms with Crippen LogP contribution in [0.2, 0.25) is 0 Å². The summed E-state index contributed by atoms with van der Waals surface area (Å²) >= 11 is 0. The highest BCUT2D eigenvalue weighted by Crippen LogP contribution is 2.37. The second kappa shape index (κ2) is 10.2. The first-order valence-electron chi connectivity index (χ1n) is 12.4. The van der Waals surface area contributed by atoms with Crippen LogP contribution in [0.1, 0.15) is 65.3 Å². The molecule has 4 rings (SSSR count). The summed E-state index contributed by atoms with van der Waals surface area (Å²) in [5.74, 6) is 0.106. The quantitative estimate of drug-likeness (QED) is 0.382. The molecule has 0 aliphatic carbocycles. The maximum atomic E-state index is 14.1. The van der Waals surface area contributed by atoms with Crippen molar-refractivity contribution in [2.45, 2.75) is 70.9 Å². The maximum absolute atomic E-state index is 14.1. The second-order valence-corrected chi connectivity index (χ2v) is 9.58. The summed E-state index contributed by atoms with van der Waals surface area (Å²) in [4.78, 5) is 14.1. The Labute approximate surface area is 192 Å². The van der Waals surface area contributed by atoms with Crippen LogP contribution in [0.3, 0.4) is 0 Å². The molecule has 1 aliphatic heterocycles. The lowest BCUT2D eigenvalue weighted by Crippen LogP contribution is -2.54. The average Bonchev–Trinajstić information content (AvgIpc) is 3.15. The summed E-state index contributed by atoms with van der Waals surface area (Å²) in [6.45, 7) is 8.62. The Morgan fingerprint density at radius 1 is 1.03 bits per heavy atom. The highest BCUT2D eigenvalue weighted by molar-refractivity contribution is 6.09. The Kier molecular flexibility index (Phi) is 7.32. The van der Waals surface area contributed by atoms with Crippen LogP contribution in [-0.4, -0.2) is 35.6 Å². The third kappa shape index (κ3) is 4.49. The molecule has 32 heavy (non-hydrogen) atoms. The average molecular weight is 435 g/mol. The van der Waals surface area contributed by atoms with Gasteiger partial charge in [0.25, 0.3) is 0 Å². The Hall–Kier alpha value is -2.17. The van der Waals surface area contributed by atoms with Crippen LogP contribution < -0.4 is 5.32 Å². The maximum Gasteiger partial charge on any atom is 0.161 e. The zero-order valence-electron chi connectivity index (χ0n) is 19.9. The zero-order valence-corrected chi connectivity index (χ0v) is 19.9. The molecule has 0 radical (unpaired) electrons. The fourth-order valence-corrected chi connectivity index (χ4v) is 5.24. The lowest BCUT2D eigenvalue weighted by atomic mass is 9.82. The molecule has 1 fully saturated rings. The standard InChI is InChI=1S/C28H38N2O2/c1-4-5-6-7-8-17-26(27(31)21(2)28(3)20-29-18-19-32-28)30-24-15-11-9-13-22(24)23-14-10-12-16-25(23)30/h9-16,21,26,29H,4-8,17-20H2,1-3H3. The van der Waals surface area contributed by atoms with Crippen LogP contribution in [0.25, 0.3) is 21.8 Å². The minimum absolute atomic E-state index is 0.182. The van der Waals surface area contributed by atoms with Gasteiger partial charge in [-0.15, -0.1) is 0 Å². The summed E-state index contributed by atoms with van der Waals surface area (Å²) in [5.41, 5.74) is 1.84. The molecule has 1 N–H and O–H groups in total. The number of nitrogens with zero attached hydrogens (tertiary/aromatic N) is 1. The van der Waals surface area contributed by atoms with Crippen molar-refractivity contribution in [3.8, 4) is 0 Å². The van der Waals surface area contributed by atoms with Crippen molar-refractivity contribution in [1.82, 2.24) is 9.88 Å². The van der Waals surface area contributed by atoms with Crippen molar-refractivity contribution in [3.05, 3.63) is 48.5 Å². The van der Waals surface area contributed by atoms with E-state index in [-0.39, 0.29) is 17.7 Å². The molecule has 1 aromatic heterocycles. The van der Waals surface area contributed by atoms with Gasteiger partial charge in [0.1, 0.15) is 0 Å². The lowest BCUT2D eigenvalue weighted by Gasteiger charge is -2.40. The van der Waals surface area contributed by atoms with Gasteiger partial charge in [-0.2, -0.15) is 0 Å². The molecular formula is C28H38N2O2. The highest BCUT2D eigenvalue weighted by atomic mass is 16.5. The van der Waals surface area contributed by atoms with E-state index in [0.29, 0.717) is 6.61 Å². The number of hydrogen-bond acceptors (Lipinski definition) is 3. The molecule has 0 bridgehead atoms. The largest absolute Gasteiger partial charge is 0.372 e. The van der Waals surface area contributed by atoms with Crippen molar-refractivity contribution in [2.75, 3.05) is 19.7 Å². The number of benzene rings is 2. The summed E-state index contributed by atoms with van der Waals surface area (Å²) in [6.07, 6.45) is 6.86. The van der Waals surface area contributed by atoms with Crippen LogP contribution in [0.15, 0.2) is 48.5 Å². The normalized spacial score (nSPS) is 21.1. The number of Topliss-reactive ketones (excluding diaryl/α,β-unsaturated/α-hetero) is 1. The zero-order chi connectivity index (χ0) is 22.6. The minimum atomic E-state index is -0.464. The molecule has 172 valence electrons. The van der Waals surface area contributed by atoms with Crippen molar-refractivity contribution >= 4 is 27.6 Å². The molecule has 0 spiro atoms. The summed E-state index contributed by atoms with van der Waals surface area (Å²) in [5, 5.41) is 5.87. The van der Waals surface area contributed by atoms with Crippen molar-refractivity contribution in [1.29, 1.82) is 0 Å².